The molecule has 2 N–H and O–H groups in total. The zero-order chi connectivity index (χ0) is 24.8. The van der Waals surface area contributed by atoms with E-state index in [-0.39, 0.29) is 22.2 Å². The van der Waals surface area contributed by atoms with Crippen LogP contribution in [0, 0.1) is 24.2 Å². The maximum Gasteiger partial charge on any atom is 0.314 e. The number of nitrogens with zero attached hydrogens (tertiary/aromatic N) is 2. The minimum atomic E-state index is -0.568. The minimum Gasteiger partial charge on any atom is -0.364 e. The van der Waals surface area contributed by atoms with Gasteiger partial charge in [-0.3, -0.25) is 4.79 Å². The van der Waals surface area contributed by atoms with E-state index in [1.807, 2.05) is 61.5 Å². The fourth-order valence-corrected chi connectivity index (χ4v) is 5.68. The second-order valence-corrected chi connectivity index (χ2v) is 10.1. The summed E-state index contributed by atoms with van der Waals surface area (Å²) in [5.74, 6) is -0.129. The average molecular weight is 461 g/mol. The van der Waals surface area contributed by atoms with Gasteiger partial charge in [0.05, 0.1) is 24.4 Å². The van der Waals surface area contributed by atoms with E-state index in [0.717, 1.165) is 29.5 Å². The van der Waals surface area contributed by atoms with E-state index in [0.29, 0.717) is 38.8 Å². The molecule has 180 valence electrons. The van der Waals surface area contributed by atoms with Gasteiger partial charge in [-0.25, -0.2) is 9.28 Å². The van der Waals surface area contributed by atoms with Crippen LogP contribution < -0.4 is 5.73 Å². The first-order valence-electron chi connectivity index (χ1n) is 12.5. The zero-order valence-electron chi connectivity index (χ0n) is 20.8. The number of primary amides is 1. The fraction of sp³-hybridized carbons (Fsp3) is 0.483. The minimum absolute atomic E-state index is 0.0939. The first-order chi connectivity index (χ1) is 16.3. The number of hydrogen-bond donors (Lipinski definition) is 1. The molecule has 1 fully saturated rings. The number of amides is 2. The summed E-state index contributed by atoms with van der Waals surface area (Å²) in [7, 11) is 0. The highest BCUT2D eigenvalue weighted by Gasteiger charge is 2.50. The van der Waals surface area contributed by atoms with E-state index in [1.165, 1.54) is 0 Å². The van der Waals surface area contributed by atoms with Crippen molar-refractivity contribution in [3.05, 3.63) is 71.3 Å². The first kappa shape index (κ1) is 25.6. The van der Waals surface area contributed by atoms with Crippen LogP contribution in [-0.2, 0) is 21.5 Å². The first-order valence-corrected chi connectivity index (χ1v) is 12.5. The smallest absolute Gasteiger partial charge is 0.314 e. The molecule has 5 heteroatoms. The number of carbonyl (C=O) groups is 2. The highest BCUT2D eigenvalue weighted by atomic mass is 16.2. The normalized spacial score (nSPS) is 21.7. The zero-order valence-corrected chi connectivity index (χ0v) is 20.8. The van der Waals surface area contributed by atoms with Crippen LogP contribution in [0.2, 0.25) is 0 Å². The number of hydrogen-bond acceptors (Lipinski definition) is 3. The number of unbranched alkanes of at least 4 members (excludes halogenated alkanes) is 1. The Morgan fingerprint density at radius 1 is 1.12 bits per heavy atom. The topological polar surface area (TPSA) is 83.9 Å². The average Bonchev–Trinajstić information content (AvgIpc) is 3.26. The van der Waals surface area contributed by atoms with Gasteiger partial charge < -0.3 is 5.73 Å². The quantitative estimate of drug-likeness (QED) is 0.392. The summed E-state index contributed by atoms with van der Waals surface area (Å²) in [4.78, 5) is 26.0. The Kier molecular flexibility index (Phi) is 8.28. The van der Waals surface area contributed by atoms with Crippen LogP contribution in [0.1, 0.15) is 69.1 Å². The summed E-state index contributed by atoms with van der Waals surface area (Å²) in [6, 6.07) is 20.2. The standard InChI is InChI=1S/C29H37N3O2/c1-22(2)29(21-30,25-14-5-4-6-15-25)18-10-9-17-27(33)32(19-11-16-26(32)28(31)34)20-24-13-8-7-12-23(24)3/h4-8,12-15,22,26H,9-11,16-20H2,1-3H3,(H-,31,34)/p+1/t26?,29-,32+/m0/s1. The fourth-order valence-electron chi connectivity index (χ4n) is 5.68. The molecule has 2 amide bonds. The number of nitriles is 1. The van der Waals surface area contributed by atoms with Crippen LogP contribution in [-0.4, -0.2) is 28.9 Å². The van der Waals surface area contributed by atoms with E-state index < -0.39 is 11.5 Å². The number of quaternary nitrogens is 1. The molecular formula is C29H38N3O2+. The molecule has 5 nitrogen and oxygen atoms in total. The number of likely N-dealkylation sites (tertiary alicyclic amines) is 1. The van der Waals surface area contributed by atoms with Crippen LogP contribution in [0.4, 0.5) is 0 Å². The molecule has 0 bridgehead atoms. The Morgan fingerprint density at radius 3 is 2.41 bits per heavy atom. The van der Waals surface area contributed by atoms with Gasteiger partial charge in [0.25, 0.3) is 5.91 Å². The highest BCUT2D eigenvalue weighted by Crippen LogP contribution is 2.38. The van der Waals surface area contributed by atoms with Gasteiger partial charge in [-0.2, -0.15) is 5.26 Å². The van der Waals surface area contributed by atoms with Crippen molar-refractivity contribution >= 4 is 11.8 Å². The van der Waals surface area contributed by atoms with Crippen LogP contribution in [0.25, 0.3) is 0 Å². The number of carbonyl (C=O) groups excluding carboxylic acids is 2. The molecule has 1 aliphatic heterocycles. The Labute approximate surface area is 204 Å². The van der Waals surface area contributed by atoms with Crippen LogP contribution in [0.3, 0.4) is 0 Å². The Bertz CT molecular complexity index is 1040. The Hall–Kier alpha value is -2.97. The van der Waals surface area contributed by atoms with E-state index in [9.17, 15) is 14.9 Å². The summed E-state index contributed by atoms with van der Waals surface area (Å²) in [6.45, 7) is 7.38. The lowest BCUT2D eigenvalue weighted by molar-refractivity contribution is -0.871. The predicted molar refractivity (Wildman–Crippen MR) is 134 cm³/mol. The molecule has 34 heavy (non-hydrogen) atoms. The van der Waals surface area contributed by atoms with Gasteiger partial charge in [-0.05, 0) is 36.8 Å². The molecule has 2 aromatic carbocycles. The molecule has 1 unspecified atom stereocenters. The molecule has 0 radical (unpaired) electrons. The molecule has 2 aromatic rings. The molecule has 0 aromatic heterocycles. The van der Waals surface area contributed by atoms with E-state index in [2.05, 4.69) is 19.9 Å². The summed E-state index contributed by atoms with van der Waals surface area (Å²) in [5, 5.41) is 10.1. The Morgan fingerprint density at radius 2 is 1.79 bits per heavy atom. The molecule has 0 spiro atoms. The SMILES string of the molecule is Cc1ccccc1C[N@+]1(C(=O)CCCC[C@@](C#N)(c2ccccc2)C(C)C)CCCC1C(N)=O. The third kappa shape index (κ3) is 5.08. The van der Waals surface area contributed by atoms with Gasteiger partial charge in [0.2, 0.25) is 0 Å². The van der Waals surface area contributed by atoms with E-state index in [1.54, 1.807) is 0 Å². The third-order valence-corrected chi connectivity index (χ3v) is 7.86. The number of aryl methyl sites for hydroxylation is 1. The predicted octanol–water partition coefficient (Wildman–Crippen LogP) is 5.16. The molecule has 0 saturated carbocycles. The number of benzene rings is 2. The summed E-state index contributed by atoms with van der Waals surface area (Å²) >= 11 is 0. The molecule has 3 atom stereocenters. The van der Waals surface area contributed by atoms with Crippen molar-refractivity contribution < 1.29 is 14.1 Å². The third-order valence-electron chi connectivity index (χ3n) is 7.86. The van der Waals surface area contributed by atoms with Crippen molar-refractivity contribution in [1.82, 2.24) is 0 Å². The van der Waals surface area contributed by atoms with Gasteiger partial charge in [-0.1, -0.05) is 74.9 Å². The van der Waals surface area contributed by atoms with Crippen molar-refractivity contribution in [2.24, 2.45) is 11.7 Å². The highest BCUT2D eigenvalue weighted by molar-refractivity contribution is 5.82. The monoisotopic (exact) mass is 460 g/mol. The maximum absolute atomic E-state index is 13.7. The molecule has 1 heterocycles. The van der Waals surface area contributed by atoms with Gasteiger partial charge in [-0.15, -0.1) is 0 Å². The summed E-state index contributed by atoms with van der Waals surface area (Å²) in [5.41, 5.74) is 8.48. The van der Waals surface area contributed by atoms with E-state index >= 15 is 0 Å². The van der Waals surface area contributed by atoms with E-state index in [4.69, 9.17) is 5.73 Å². The molecule has 1 aliphatic rings. The Balaban J connectivity index is 1.74. The van der Waals surface area contributed by atoms with Gasteiger partial charge in [0.15, 0.2) is 6.04 Å². The summed E-state index contributed by atoms with van der Waals surface area (Å²) in [6.07, 6.45) is 4.05. The van der Waals surface area contributed by atoms with Crippen molar-refractivity contribution in [3.63, 3.8) is 0 Å². The molecule has 0 aliphatic carbocycles. The maximum atomic E-state index is 13.7. The van der Waals surface area contributed by atoms with Crippen LogP contribution >= 0.6 is 0 Å². The largest absolute Gasteiger partial charge is 0.364 e. The summed E-state index contributed by atoms with van der Waals surface area (Å²) < 4.78 is 0.131. The lowest BCUT2D eigenvalue weighted by Gasteiger charge is -2.36. The lowest BCUT2D eigenvalue weighted by Crippen LogP contribution is -2.59. The lowest BCUT2D eigenvalue weighted by atomic mass is 9.69. The van der Waals surface area contributed by atoms with Crippen molar-refractivity contribution in [3.8, 4) is 6.07 Å². The molecule has 3 rings (SSSR count). The van der Waals surface area contributed by atoms with Gasteiger partial charge in [0, 0.05) is 18.4 Å². The number of nitrogens with two attached hydrogens (primary N) is 1. The van der Waals surface area contributed by atoms with Crippen molar-refractivity contribution in [2.75, 3.05) is 6.54 Å². The second kappa shape index (κ2) is 11.0. The van der Waals surface area contributed by atoms with Gasteiger partial charge >= 0.3 is 5.91 Å². The second-order valence-electron chi connectivity index (χ2n) is 10.1. The number of rotatable bonds is 10. The molecular weight excluding hydrogens is 422 g/mol. The van der Waals surface area contributed by atoms with Crippen LogP contribution in [0.5, 0.6) is 0 Å². The van der Waals surface area contributed by atoms with Crippen molar-refractivity contribution in [2.45, 2.75) is 77.3 Å². The van der Waals surface area contributed by atoms with Gasteiger partial charge in [0.1, 0.15) is 6.54 Å². The van der Waals surface area contributed by atoms with Crippen molar-refractivity contribution in [1.29, 1.82) is 5.26 Å². The van der Waals surface area contributed by atoms with Crippen LogP contribution in [0.15, 0.2) is 54.6 Å². The molecule has 1 saturated heterocycles.